The van der Waals surface area contributed by atoms with Crippen LogP contribution in [0, 0.1) is 19.7 Å². The molecule has 0 aliphatic carbocycles. The van der Waals surface area contributed by atoms with Crippen LogP contribution in [0.1, 0.15) is 37.5 Å². The number of imide groups is 1. The van der Waals surface area contributed by atoms with E-state index in [4.69, 9.17) is 0 Å². The number of nitrogens with zero attached hydrogens (tertiary/aromatic N) is 2. The lowest BCUT2D eigenvalue weighted by Crippen LogP contribution is -2.29. The van der Waals surface area contributed by atoms with Gasteiger partial charge in [0.1, 0.15) is 10.8 Å². The van der Waals surface area contributed by atoms with Crippen molar-refractivity contribution in [1.29, 1.82) is 0 Å². The van der Waals surface area contributed by atoms with Crippen molar-refractivity contribution in [2.75, 3.05) is 4.90 Å². The first-order chi connectivity index (χ1) is 13.4. The first-order valence-electron chi connectivity index (χ1n) is 8.78. The molecule has 0 radical (unpaired) electrons. The molecule has 3 aromatic rings. The number of benzene rings is 2. The van der Waals surface area contributed by atoms with Crippen LogP contribution in [-0.4, -0.2) is 16.8 Å². The largest absolute Gasteiger partial charge is 0.268 e. The summed E-state index contributed by atoms with van der Waals surface area (Å²) in [5.74, 6) is -0.466. The van der Waals surface area contributed by atoms with Crippen molar-refractivity contribution in [2.45, 2.75) is 24.6 Å². The van der Waals surface area contributed by atoms with Crippen molar-refractivity contribution < 1.29 is 14.0 Å². The molecule has 6 heteroatoms. The number of aromatic nitrogens is 1. The Morgan fingerprint density at radius 3 is 2.46 bits per heavy atom. The lowest BCUT2D eigenvalue weighted by Gasteiger charge is -2.14. The Bertz CT molecular complexity index is 1100. The van der Waals surface area contributed by atoms with Gasteiger partial charge in [0.15, 0.2) is 0 Å². The number of hydrogen-bond donors (Lipinski definition) is 0. The normalized spacial score (nSPS) is 13.2. The number of hydrogen-bond acceptors (Lipinski definition) is 4. The van der Waals surface area contributed by atoms with Crippen molar-refractivity contribution >= 4 is 29.3 Å². The molecular formula is C22H17FN2O2S. The Morgan fingerprint density at radius 1 is 1.00 bits per heavy atom. The van der Waals surface area contributed by atoms with Crippen LogP contribution in [0.3, 0.4) is 0 Å². The number of carbonyl (C=O) groups is 2. The number of pyridine rings is 1. The highest BCUT2D eigenvalue weighted by molar-refractivity contribution is 7.98. The zero-order valence-electron chi connectivity index (χ0n) is 15.4. The van der Waals surface area contributed by atoms with Crippen molar-refractivity contribution in [3.63, 3.8) is 0 Å². The molecule has 4 nitrogen and oxygen atoms in total. The van der Waals surface area contributed by atoms with E-state index in [0.29, 0.717) is 33.3 Å². The average Bonchev–Trinajstić information content (AvgIpc) is 2.91. The third-order valence-corrected chi connectivity index (χ3v) is 5.56. The van der Waals surface area contributed by atoms with Crippen LogP contribution in [0.15, 0.2) is 59.6 Å². The van der Waals surface area contributed by atoms with Gasteiger partial charge in [-0.25, -0.2) is 14.3 Å². The summed E-state index contributed by atoms with van der Waals surface area (Å²) in [6, 6.07) is 15.2. The van der Waals surface area contributed by atoms with Crippen LogP contribution in [0.2, 0.25) is 0 Å². The summed E-state index contributed by atoms with van der Waals surface area (Å²) in [7, 11) is 0. The Balaban J connectivity index is 1.69. The second-order valence-electron chi connectivity index (χ2n) is 6.69. The molecule has 4 rings (SSSR count). The Hall–Kier alpha value is -2.99. The molecule has 0 spiro atoms. The van der Waals surface area contributed by atoms with Gasteiger partial charge >= 0.3 is 0 Å². The van der Waals surface area contributed by atoms with Gasteiger partial charge in [0.25, 0.3) is 11.8 Å². The predicted octanol–water partition coefficient (Wildman–Crippen LogP) is 4.93. The highest BCUT2D eigenvalue weighted by atomic mass is 32.2. The lowest BCUT2D eigenvalue weighted by molar-refractivity contribution is 0.0925. The summed E-state index contributed by atoms with van der Waals surface area (Å²) in [5, 5.41) is 0.521. The van der Waals surface area contributed by atoms with Crippen LogP contribution < -0.4 is 4.90 Å². The second kappa shape index (κ2) is 7.20. The molecule has 0 saturated heterocycles. The molecule has 140 valence electrons. The van der Waals surface area contributed by atoms with Crippen LogP contribution >= 0.6 is 11.8 Å². The van der Waals surface area contributed by atoms with Gasteiger partial charge in [-0.15, -0.1) is 11.8 Å². The molecule has 0 saturated carbocycles. The number of halogens is 1. The van der Waals surface area contributed by atoms with Gasteiger partial charge in [0.05, 0.1) is 16.8 Å². The molecule has 0 bridgehead atoms. The molecule has 0 N–H and O–H groups in total. The molecule has 0 atom stereocenters. The standard InChI is InChI=1S/C22H17FN2O2S/c1-13-4-3-5-17(10-13)25-21(26)18-11-14(2)24-20(19(18)22(25)27)28-12-15-6-8-16(23)9-7-15/h3-11H,12H2,1-2H3. The molecule has 2 amide bonds. The number of thioether (sulfide) groups is 1. The molecule has 1 aliphatic rings. The second-order valence-corrected chi connectivity index (χ2v) is 7.66. The lowest BCUT2D eigenvalue weighted by atomic mass is 10.1. The number of anilines is 1. The van der Waals surface area contributed by atoms with Gasteiger partial charge in [0, 0.05) is 11.4 Å². The van der Waals surface area contributed by atoms with E-state index in [1.54, 1.807) is 31.2 Å². The van der Waals surface area contributed by atoms with Crippen LogP contribution in [0.5, 0.6) is 0 Å². The minimum atomic E-state index is -0.361. The Kier molecular flexibility index (Phi) is 4.73. The minimum Gasteiger partial charge on any atom is -0.268 e. The number of rotatable bonds is 4. The predicted molar refractivity (Wildman–Crippen MR) is 107 cm³/mol. The maximum absolute atomic E-state index is 13.1. The summed E-state index contributed by atoms with van der Waals surface area (Å²) in [6.07, 6.45) is 0. The zero-order valence-corrected chi connectivity index (χ0v) is 16.2. The Morgan fingerprint density at radius 2 is 1.75 bits per heavy atom. The summed E-state index contributed by atoms with van der Waals surface area (Å²) >= 11 is 1.37. The fourth-order valence-electron chi connectivity index (χ4n) is 3.18. The Labute approximate surface area is 166 Å². The quantitative estimate of drug-likeness (QED) is 0.467. The monoisotopic (exact) mass is 392 g/mol. The van der Waals surface area contributed by atoms with Gasteiger partial charge in [-0.05, 0) is 55.3 Å². The van der Waals surface area contributed by atoms with E-state index in [9.17, 15) is 14.0 Å². The van der Waals surface area contributed by atoms with Crippen molar-refractivity contribution in [1.82, 2.24) is 4.98 Å². The summed E-state index contributed by atoms with van der Waals surface area (Å²) < 4.78 is 13.1. The van der Waals surface area contributed by atoms with Gasteiger partial charge in [0.2, 0.25) is 0 Å². The first kappa shape index (κ1) is 18.4. The molecule has 1 aromatic heterocycles. The van der Waals surface area contributed by atoms with E-state index in [2.05, 4.69) is 4.98 Å². The molecule has 0 unspecified atom stereocenters. The van der Waals surface area contributed by atoms with E-state index in [1.165, 1.54) is 28.8 Å². The number of fused-ring (bicyclic) bond motifs is 1. The van der Waals surface area contributed by atoms with Crippen LogP contribution in [0.25, 0.3) is 0 Å². The fraction of sp³-hybridized carbons (Fsp3) is 0.136. The van der Waals surface area contributed by atoms with E-state index in [0.717, 1.165) is 11.1 Å². The molecule has 2 heterocycles. The van der Waals surface area contributed by atoms with Crippen molar-refractivity contribution in [2.24, 2.45) is 0 Å². The zero-order chi connectivity index (χ0) is 19.8. The summed E-state index contributed by atoms with van der Waals surface area (Å²) in [4.78, 5) is 31.8. The van der Waals surface area contributed by atoms with Crippen molar-refractivity contribution in [3.05, 3.63) is 88.4 Å². The first-order valence-corrected chi connectivity index (χ1v) is 9.77. The fourth-order valence-corrected chi connectivity index (χ4v) is 4.23. The molecular weight excluding hydrogens is 375 g/mol. The van der Waals surface area contributed by atoms with Crippen LogP contribution in [0.4, 0.5) is 10.1 Å². The number of carbonyl (C=O) groups excluding carboxylic acids is 2. The SMILES string of the molecule is Cc1cccc(N2C(=O)c3cc(C)nc(SCc4ccc(F)cc4)c3C2=O)c1. The highest BCUT2D eigenvalue weighted by Crippen LogP contribution is 2.35. The molecule has 0 fully saturated rings. The van der Waals surface area contributed by atoms with E-state index < -0.39 is 0 Å². The van der Waals surface area contributed by atoms with E-state index >= 15 is 0 Å². The maximum atomic E-state index is 13.1. The topological polar surface area (TPSA) is 50.3 Å². The minimum absolute atomic E-state index is 0.294. The van der Waals surface area contributed by atoms with E-state index in [-0.39, 0.29) is 17.6 Å². The van der Waals surface area contributed by atoms with Gasteiger partial charge < -0.3 is 0 Å². The molecule has 2 aromatic carbocycles. The third kappa shape index (κ3) is 3.31. The molecule has 28 heavy (non-hydrogen) atoms. The smallest absolute Gasteiger partial charge is 0.268 e. The maximum Gasteiger partial charge on any atom is 0.268 e. The van der Waals surface area contributed by atoms with Gasteiger partial charge in [-0.3, -0.25) is 9.59 Å². The number of amides is 2. The van der Waals surface area contributed by atoms with Gasteiger partial charge in [-0.2, -0.15) is 0 Å². The van der Waals surface area contributed by atoms with Crippen LogP contribution in [-0.2, 0) is 5.75 Å². The highest BCUT2D eigenvalue weighted by Gasteiger charge is 2.39. The molecule has 1 aliphatic heterocycles. The number of aryl methyl sites for hydroxylation is 2. The van der Waals surface area contributed by atoms with Gasteiger partial charge in [-0.1, -0.05) is 24.3 Å². The third-order valence-electron chi connectivity index (χ3n) is 4.51. The summed E-state index contributed by atoms with van der Waals surface area (Å²) in [5.41, 5.74) is 3.82. The summed E-state index contributed by atoms with van der Waals surface area (Å²) in [6.45, 7) is 3.71. The van der Waals surface area contributed by atoms with Crippen molar-refractivity contribution in [3.8, 4) is 0 Å². The average molecular weight is 392 g/mol. The van der Waals surface area contributed by atoms with E-state index in [1.807, 2.05) is 25.1 Å².